The molecule has 0 saturated heterocycles. The predicted octanol–water partition coefficient (Wildman–Crippen LogP) is 2.80. The van der Waals surface area contributed by atoms with Crippen molar-refractivity contribution in [1.29, 1.82) is 0 Å². The Balaban J connectivity index is 2.49. The molecule has 0 aliphatic heterocycles. The lowest BCUT2D eigenvalue weighted by molar-refractivity contribution is -0.140. The number of rotatable bonds is 13. The fraction of sp³-hybridized carbons (Fsp3) is 0.440. The van der Waals surface area contributed by atoms with E-state index in [2.05, 4.69) is 5.32 Å². The molecule has 0 unspecified atom stereocenters. The van der Waals surface area contributed by atoms with E-state index in [0.717, 1.165) is 22.5 Å². The predicted molar refractivity (Wildman–Crippen MR) is 136 cm³/mol. The number of carbonyl (C=O) groups excluding carboxylic acids is 2. The molecular weight excluding hydrogens is 470 g/mol. The van der Waals surface area contributed by atoms with E-state index < -0.39 is 28.5 Å². The molecule has 1 N–H and O–H groups in total. The number of methoxy groups -OCH3 is 2. The Bertz CT molecular complexity index is 1090. The molecule has 0 heterocycles. The quantitative estimate of drug-likeness (QED) is 0.449. The summed E-state index contributed by atoms with van der Waals surface area (Å²) in [7, 11) is -1.01. The summed E-state index contributed by atoms with van der Waals surface area (Å²) >= 11 is 0. The van der Waals surface area contributed by atoms with Crippen LogP contribution in [-0.4, -0.2) is 64.7 Å². The van der Waals surface area contributed by atoms with Crippen LogP contribution >= 0.6 is 0 Å². The maximum atomic E-state index is 13.7. The highest BCUT2D eigenvalue weighted by atomic mass is 32.2. The van der Waals surface area contributed by atoms with Crippen LogP contribution in [0.1, 0.15) is 32.3 Å². The molecule has 9 nitrogen and oxygen atoms in total. The van der Waals surface area contributed by atoms with Crippen LogP contribution in [0.5, 0.6) is 11.5 Å². The molecule has 192 valence electrons. The van der Waals surface area contributed by atoms with Crippen LogP contribution in [0.4, 0.5) is 5.69 Å². The SMILES string of the molecule is CCCNC(=O)[C@@H](CC)N(Cc1ccccc1)C(=O)CN(c1cc(OC)ccc1OC)S(C)(=O)=O. The van der Waals surface area contributed by atoms with Crippen molar-refractivity contribution in [2.75, 3.05) is 37.9 Å². The molecule has 0 bridgehead atoms. The normalized spacial score (nSPS) is 11.9. The smallest absolute Gasteiger partial charge is 0.244 e. The van der Waals surface area contributed by atoms with Crippen molar-refractivity contribution in [2.24, 2.45) is 0 Å². The lowest BCUT2D eigenvalue weighted by Gasteiger charge is -2.33. The second kappa shape index (κ2) is 13.0. The fourth-order valence-corrected chi connectivity index (χ4v) is 4.50. The number of ether oxygens (including phenoxy) is 2. The van der Waals surface area contributed by atoms with Crippen molar-refractivity contribution >= 4 is 27.5 Å². The maximum Gasteiger partial charge on any atom is 0.244 e. The van der Waals surface area contributed by atoms with E-state index in [1.807, 2.05) is 44.2 Å². The molecule has 2 aromatic carbocycles. The molecule has 2 amide bonds. The van der Waals surface area contributed by atoms with Crippen LogP contribution in [0.2, 0.25) is 0 Å². The van der Waals surface area contributed by atoms with E-state index in [4.69, 9.17) is 9.47 Å². The van der Waals surface area contributed by atoms with Crippen LogP contribution in [0.15, 0.2) is 48.5 Å². The zero-order chi connectivity index (χ0) is 26.0. The number of hydrogen-bond acceptors (Lipinski definition) is 6. The van der Waals surface area contributed by atoms with Gasteiger partial charge in [0.15, 0.2) is 0 Å². The average molecular weight is 506 g/mol. The number of sulfonamides is 1. The highest BCUT2D eigenvalue weighted by molar-refractivity contribution is 7.92. The van der Waals surface area contributed by atoms with Gasteiger partial charge in [-0.15, -0.1) is 0 Å². The van der Waals surface area contributed by atoms with Gasteiger partial charge in [0, 0.05) is 19.2 Å². The third-order valence-corrected chi connectivity index (χ3v) is 6.59. The molecule has 0 aliphatic carbocycles. The summed E-state index contributed by atoms with van der Waals surface area (Å²) in [6, 6.07) is 13.2. The van der Waals surface area contributed by atoms with E-state index in [9.17, 15) is 18.0 Å². The minimum Gasteiger partial charge on any atom is -0.497 e. The van der Waals surface area contributed by atoms with Crippen LogP contribution in [0.3, 0.4) is 0 Å². The number of nitrogens with one attached hydrogen (secondary N) is 1. The van der Waals surface area contributed by atoms with Gasteiger partial charge < -0.3 is 19.7 Å². The fourth-order valence-electron chi connectivity index (χ4n) is 3.65. The molecule has 35 heavy (non-hydrogen) atoms. The Hall–Kier alpha value is -3.27. The van der Waals surface area contributed by atoms with Gasteiger partial charge in [-0.1, -0.05) is 44.2 Å². The van der Waals surface area contributed by atoms with Crippen molar-refractivity contribution in [1.82, 2.24) is 10.2 Å². The van der Waals surface area contributed by atoms with Crippen molar-refractivity contribution < 1.29 is 27.5 Å². The first-order chi connectivity index (χ1) is 16.7. The number of nitrogens with zero attached hydrogens (tertiary/aromatic N) is 2. The van der Waals surface area contributed by atoms with E-state index in [0.29, 0.717) is 18.7 Å². The second-order valence-corrected chi connectivity index (χ2v) is 9.94. The summed E-state index contributed by atoms with van der Waals surface area (Å²) in [6.45, 7) is 3.90. The molecule has 10 heteroatoms. The number of anilines is 1. The van der Waals surface area contributed by atoms with Crippen molar-refractivity contribution in [3.8, 4) is 11.5 Å². The molecule has 0 radical (unpaired) electrons. The van der Waals surface area contributed by atoms with Crippen molar-refractivity contribution in [3.05, 3.63) is 54.1 Å². The molecule has 0 fully saturated rings. The molecule has 1 atom stereocenters. The molecule has 2 rings (SSSR count). The summed E-state index contributed by atoms with van der Waals surface area (Å²) in [6.07, 6.45) is 2.15. The van der Waals surface area contributed by atoms with E-state index in [1.165, 1.54) is 25.2 Å². The third kappa shape index (κ3) is 7.61. The van der Waals surface area contributed by atoms with Gasteiger partial charge in [-0.05, 0) is 30.5 Å². The second-order valence-electron chi connectivity index (χ2n) is 8.03. The number of carbonyl (C=O) groups is 2. The zero-order valence-electron chi connectivity index (χ0n) is 21.0. The van der Waals surface area contributed by atoms with Crippen LogP contribution in [-0.2, 0) is 26.2 Å². The average Bonchev–Trinajstić information content (AvgIpc) is 2.85. The molecule has 2 aromatic rings. The van der Waals surface area contributed by atoms with Crippen molar-refractivity contribution in [3.63, 3.8) is 0 Å². The van der Waals surface area contributed by atoms with E-state index >= 15 is 0 Å². The van der Waals surface area contributed by atoms with Gasteiger partial charge in [0.2, 0.25) is 21.8 Å². The first-order valence-corrected chi connectivity index (χ1v) is 13.3. The Morgan fingerprint density at radius 2 is 1.71 bits per heavy atom. The lowest BCUT2D eigenvalue weighted by Crippen LogP contribution is -2.52. The van der Waals surface area contributed by atoms with E-state index in [-0.39, 0.29) is 23.9 Å². The Morgan fingerprint density at radius 3 is 2.26 bits per heavy atom. The molecule has 0 spiro atoms. The summed E-state index contributed by atoms with van der Waals surface area (Å²) in [4.78, 5) is 28.0. The number of amides is 2. The highest BCUT2D eigenvalue weighted by Crippen LogP contribution is 2.34. The largest absolute Gasteiger partial charge is 0.497 e. The summed E-state index contributed by atoms with van der Waals surface area (Å²) in [5.41, 5.74) is 0.998. The summed E-state index contributed by atoms with van der Waals surface area (Å²) < 4.78 is 37.2. The van der Waals surface area contributed by atoms with Gasteiger partial charge in [-0.3, -0.25) is 13.9 Å². The van der Waals surface area contributed by atoms with Gasteiger partial charge in [0.1, 0.15) is 24.1 Å². The Kier molecular flexibility index (Phi) is 10.4. The topological polar surface area (TPSA) is 105 Å². The first kappa shape index (κ1) is 28.0. The Morgan fingerprint density at radius 1 is 1.03 bits per heavy atom. The maximum absolute atomic E-state index is 13.7. The van der Waals surface area contributed by atoms with Gasteiger partial charge in [0.25, 0.3) is 0 Å². The third-order valence-electron chi connectivity index (χ3n) is 5.46. The van der Waals surface area contributed by atoms with Crippen LogP contribution in [0.25, 0.3) is 0 Å². The number of hydrogen-bond donors (Lipinski definition) is 1. The molecule has 0 aliphatic rings. The standard InChI is InChI=1S/C25H35N3O6S/c1-6-15-26-25(30)21(7-2)27(17-19-11-9-8-10-12-19)24(29)18-28(35(5,31)32)22-16-20(33-3)13-14-23(22)34-4/h8-14,16,21H,6-7,15,17-18H2,1-5H3,(H,26,30)/t21-/m1/s1. The minimum absolute atomic E-state index is 0.157. The minimum atomic E-state index is -3.89. The summed E-state index contributed by atoms with van der Waals surface area (Å²) in [5, 5.41) is 2.85. The van der Waals surface area contributed by atoms with Crippen LogP contribution in [0, 0.1) is 0 Å². The summed E-state index contributed by atoms with van der Waals surface area (Å²) in [5.74, 6) is -0.106. The monoisotopic (exact) mass is 505 g/mol. The van der Waals surface area contributed by atoms with Gasteiger partial charge in [0.05, 0.1) is 26.2 Å². The number of benzene rings is 2. The van der Waals surface area contributed by atoms with Gasteiger partial charge >= 0.3 is 0 Å². The van der Waals surface area contributed by atoms with Crippen molar-refractivity contribution in [2.45, 2.75) is 39.3 Å². The van der Waals surface area contributed by atoms with Gasteiger partial charge in [-0.2, -0.15) is 0 Å². The molecule has 0 saturated carbocycles. The highest BCUT2D eigenvalue weighted by Gasteiger charge is 2.32. The molecule has 0 aromatic heterocycles. The molecular formula is C25H35N3O6S. The van der Waals surface area contributed by atoms with E-state index in [1.54, 1.807) is 12.1 Å². The first-order valence-electron chi connectivity index (χ1n) is 11.5. The van der Waals surface area contributed by atoms with Crippen LogP contribution < -0.4 is 19.1 Å². The zero-order valence-corrected chi connectivity index (χ0v) is 21.8. The Labute approximate surface area is 208 Å². The van der Waals surface area contributed by atoms with Gasteiger partial charge in [-0.25, -0.2) is 8.42 Å². The lowest BCUT2D eigenvalue weighted by atomic mass is 10.1.